The lowest BCUT2D eigenvalue weighted by molar-refractivity contribution is 0.386. The Bertz CT molecular complexity index is 510. The molecule has 1 aromatic rings. The molecular formula is C14H23N3O2S. The van der Waals surface area contributed by atoms with Crippen molar-refractivity contribution in [2.75, 3.05) is 30.0 Å². The third-order valence-electron chi connectivity index (χ3n) is 3.54. The Morgan fingerprint density at radius 2 is 2.10 bits per heavy atom. The minimum atomic E-state index is -2.91. The van der Waals surface area contributed by atoms with Gasteiger partial charge in [-0.15, -0.1) is 0 Å². The highest BCUT2D eigenvalue weighted by atomic mass is 32.2. The predicted octanol–water partition coefficient (Wildman–Crippen LogP) is 1.07. The Morgan fingerprint density at radius 1 is 1.40 bits per heavy atom. The number of piperidine rings is 1. The Balaban J connectivity index is 1.80. The van der Waals surface area contributed by atoms with Gasteiger partial charge >= 0.3 is 0 Å². The summed E-state index contributed by atoms with van der Waals surface area (Å²) in [5.74, 6) is 1.23. The van der Waals surface area contributed by atoms with Gasteiger partial charge in [0.1, 0.15) is 15.7 Å². The maximum atomic E-state index is 11.3. The first-order valence-corrected chi connectivity index (χ1v) is 9.10. The molecule has 1 saturated heterocycles. The number of sulfone groups is 1. The van der Waals surface area contributed by atoms with Crippen LogP contribution in [0.5, 0.6) is 0 Å². The summed E-state index contributed by atoms with van der Waals surface area (Å²) in [7, 11) is -2.91. The molecule has 2 rings (SSSR count). The second-order valence-electron chi connectivity index (χ2n) is 5.61. The Labute approximate surface area is 121 Å². The monoisotopic (exact) mass is 297 g/mol. The lowest BCUT2D eigenvalue weighted by Crippen LogP contribution is -2.47. The van der Waals surface area contributed by atoms with Gasteiger partial charge in [-0.05, 0) is 31.9 Å². The first-order chi connectivity index (χ1) is 9.44. The minimum absolute atomic E-state index is 0.0106. The van der Waals surface area contributed by atoms with E-state index in [1.54, 1.807) is 0 Å². The van der Waals surface area contributed by atoms with Crippen LogP contribution in [-0.2, 0) is 9.84 Å². The van der Waals surface area contributed by atoms with Crippen molar-refractivity contribution in [2.24, 2.45) is 0 Å². The summed E-state index contributed by atoms with van der Waals surface area (Å²) in [6, 6.07) is 6.36. The van der Waals surface area contributed by atoms with Gasteiger partial charge in [-0.3, -0.25) is 0 Å². The van der Waals surface area contributed by atoms with E-state index in [-0.39, 0.29) is 11.8 Å². The molecule has 0 aliphatic carbocycles. The van der Waals surface area contributed by atoms with E-state index in [9.17, 15) is 8.42 Å². The maximum Gasteiger partial charge on any atom is 0.148 e. The molecule has 0 amide bonds. The van der Waals surface area contributed by atoms with Crippen LogP contribution >= 0.6 is 0 Å². The van der Waals surface area contributed by atoms with Gasteiger partial charge in [0.15, 0.2) is 0 Å². The van der Waals surface area contributed by atoms with E-state index >= 15 is 0 Å². The molecule has 5 nitrogen and oxygen atoms in total. The molecule has 0 saturated carbocycles. The molecular weight excluding hydrogens is 274 g/mol. The fraction of sp³-hybridized carbons (Fsp3) is 0.643. The Hall–Kier alpha value is -1.14. The summed E-state index contributed by atoms with van der Waals surface area (Å²) < 4.78 is 22.5. The number of hydrogen-bond acceptors (Lipinski definition) is 5. The van der Waals surface area contributed by atoms with Gasteiger partial charge in [0, 0.05) is 37.6 Å². The zero-order valence-corrected chi connectivity index (χ0v) is 12.9. The third kappa shape index (κ3) is 4.76. The number of hydrogen-bond donors (Lipinski definition) is 1. The summed E-state index contributed by atoms with van der Waals surface area (Å²) in [5.41, 5.74) is 0. The van der Waals surface area contributed by atoms with Crippen LogP contribution in [0.3, 0.4) is 0 Å². The van der Waals surface area contributed by atoms with E-state index < -0.39 is 9.84 Å². The van der Waals surface area contributed by atoms with Gasteiger partial charge in [-0.1, -0.05) is 6.07 Å². The summed E-state index contributed by atoms with van der Waals surface area (Å²) >= 11 is 0. The molecule has 1 N–H and O–H groups in total. The van der Waals surface area contributed by atoms with Crippen molar-refractivity contribution in [1.29, 1.82) is 0 Å². The van der Waals surface area contributed by atoms with Crippen LogP contribution in [0.1, 0.15) is 19.8 Å². The lowest BCUT2D eigenvalue weighted by atomic mass is 10.0. The van der Waals surface area contributed by atoms with Crippen LogP contribution in [0.2, 0.25) is 0 Å². The summed E-state index contributed by atoms with van der Waals surface area (Å²) in [4.78, 5) is 6.64. The van der Waals surface area contributed by atoms with Gasteiger partial charge in [0.05, 0.1) is 5.75 Å². The fourth-order valence-corrected chi connectivity index (χ4v) is 3.73. The molecule has 6 heteroatoms. The topological polar surface area (TPSA) is 62.3 Å². The molecule has 0 spiro atoms. The molecule has 1 aliphatic heterocycles. The van der Waals surface area contributed by atoms with E-state index in [1.165, 1.54) is 6.26 Å². The van der Waals surface area contributed by atoms with Gasteiger partial charge in [-0.25, -0.2) is 13.4 Å². The van der Waals surface area contributed by atoms with Gasteiger partial charge in [0.2, 0.25) is 0 Å². The molecule has 112 valence electrons. The second-order valence-corrected chi connectivity index (χ2v) is 7.79. The number of aromatic nitrogens is 1. The SMILES string of the molecule is CC(CS(C)(=O)=O)NC1CCN(c2ccccn2)CC1. The Kier molecular flexibility index (Phi) is 4.99. The average molecular weight is 297 g/mol. The van der Waals surface area contributed by atoms with Crippen LogP contribution < -0.4 is 10.2 Å². The highest BCUT2D eigenvalue weighted by molar-refractivity contribution is 7.90. The van der Waals surface area contributed by atoms with E-state index in [0.717, 1.165) is 31.7 Å². The quantitative estimate of drug-likeness (QED) is 0.881. The zero-order valence-electron chi connectivity index (χ0n) is 12.1. The smallest absolute Gasteiger partial charge is 0.148 e. The average Bonchev–Trinajstić information content (AvgIpc) is 2.38. The van der Waals surface area contributed by atoms with Crippen molar-refractivity contribution >= 4 is 15.7 Å². The lowest BCUT2D eigenvalue weighted by Gasteiger charge is -2.34. The number of rotatable bonds is 5. The van der Waals surface area contributed by atoms with Crippen LogP contribution in [0, 0.1) is 0 Å². The van der Waals surface area contributed by atoms with Gasteiger partial charge in [-0.2, -0.15) is 0 Å². The molecule has 0 aromatic carbocycles. The van der Waals surface area contributed by atoms with Crippen molar-refractivity contribution in [2.45, 2.75) is 31.8 Å². The van der Waals surface area contributed by atoms with E-state index in [1.807, 2.05) is 31.3 Å². The number of pyridine rings is 1. The minimum Gasteiger partial charge on any atom is -0.357 e. The second kappa shape index (κ2) is 6.54. The molecule has 1 aromatic heterocycles. The summed E-state index contributed by atoms with van der Waals surface area (Å²) in [6.07, 6.45) is 5.14. The molecule has 1 unspecified atom stereocenters. The molecule has 0 radical (unpaired) electrons. The summed E-state index contributed by atoms with van der Waals surface area (Å²) in [5, 5.41) is 3.42. The van der Waals surface area contributed by atoms with Crippen LogP contribution in [0.4, 0.5) is 5.82 Å². The van der Waals surface area contributed by atoms with E-state index in [2.05, 4.69) is 15.2 Å². The highest BCUT2D eigenvalue weighted by Crippen LogP contribution is 2.17. The van der Waals surface area contributed by atoms with Crippen LogP contribution in [0.25, 0.3) is 0 Å². The normalized spacial score (nSPS) is 19.0. The maximum absolute atomic E-state index is 11.3. The predicted molar refractivity (Wildman–Crippen MR) is 81.8 cm³/mol. The molecule has 0 bridgehead atoms. The van der Waals surface area contributed by atoms with E-state index in [0.29, 0.717) is 6.04 Å². The van der Waals surface area contributed by atoms with Crippen molar-refractivity contribution in [3.05, 3.63) is 24.4 Å². The first-order valence-electron chi connectivity index (χ1n) is 7.04. The molecule has 1 fully saturated rings. The summed E-state index contributed by atoms with van der Waals surface area (Å²) in [6.45, 7) is 3.85. The van der Waals surface area contributed by atoms with Crippen LogP contribution in [0.15, 0.2) is 24.4 Å². The van der Waals surface area contributed by atoms with Crippen molar-refractivity contribution in [3.8, 4) is 0 Å². The van der Waals surface area contributed by atoms with Crippen LogP contribution in [-0.4, -0.2) is 50.6 Å². The molecule has 20 heavy (non-hydrogen) atoms. The molecule has 1 aliphatic rings. The molecule has 2 heterocycles. The zero-order chi connectivity index (χ0) is 14.6. The van der Waals surface area contributed by atoms with Crippen molar-refractivity contribution < 1.29 is 8.42 Å². The number of nitrogens with one attached hydrogen (secondary N) is 1. The highest BCUT2D eigenvalue weighted by Gasteiger charge is 2.22. The van der Waals surface area contributed by atoms with Crippen molar-refractivity contribution in [3.63, 3.8) is 0 Å². The molecule has 1 atom stereocenters. The number of anilines is 1. The first kappa shape index (κ1) is 15.3. The standard InChI is InChI=1S/C14H23N3O2S/c1-12(11-20(2,18)19)16-13-6-9-17(10-7-13)14-5-3-4-8-15-14/h3-5,8,12-13,16H,6-7,9-11H2,1-2H3. The fourth-order valence-electron chi connectivity index (χ4n) is 2.72. The third-order valence-corrected chi connectivity index (χ3v) is 4.65. The van der Waals surface area contributed by atoms with E-state index in [4.69, 9.17) is 0 Å². The van der Waals surface area contributed by atoms with Crippen molar-refractivity contribution in [1.82, 2.24) is 10.3 Å². The number of nitrogens with zero attached hydrogens (tertiary/aromatic N) is 2. The van der Waals surface area contributed by atoms with Gasteiger partial charge < -0.3 is 10.2 Å². The largest absolute Gasteiger partial charge is 0.357 e. The van der Waals surface area contributed by atoms with Gasteiger partial charge in [0.25, 0.3) is 0 Å². The Morgan fingerprint density at radius 3 is 2.65 bits per heavy atom.